The average Bonchev–Trinajstić information content (AvgIpc) is 3.29. The first-order chi connectivity index (χ1) is 15.7. The van der Waals surface area contributed by atoms with E-state index in [0.29, 0.717) is 24.1 Å². The maximum atomic E-state index is 14.1. The first-order valence-corrected chi connectivity index (χ1v) is 11.0. The van der Waals surface area contributed by atoms with E-state index >= 15 is 0 Å². The van der Waals surface area contributed by atoms with Crippen LogP contribution >= 0.6 is 0 Å². The summed E-state index contributed by atoms with van der Waals surface area (Å²) in [5.74, 6) is -1.45. The van der Waals surface area contributed by atoms with Crippen LogP contribution in [0.5, 0.6) is 0 Å². The van der Waals surface area contributed by atoms with Crippen LogP contribution in [0.2, 0.25) is 0 Å². The second-order valence-corrected chi connectivity index (χ2v) is 9.62. The van der Waals surface area contributed by atoms with Crippen LogP contribution in [-0.2, 0) is 10.2 Å². The molecule has 1 fully saturated rings. The van der Waals surface area contributed by atoms with Gasteiger partial charge in [-0.2, -0.15) is 10.4 Å². The number of carboxylic acids is 1. The minimum absolute atomic E-state index is 0.0113. The number of halogens is 1. The smallest absolute Gasteiger partial charge is 0.306 e. The Hall–Kier alpha value is -3.73. The van der Waals surface area contributed by atoms with Crippen LogP contribution in [0, 0.1) is 30.0 Å². The van der Waals surface area contributed by atoms with Gasteiger partial charge in [-0.05, 0) is 55.5 Å². The highest BCUT2D eigenvalue weighted by Gasteiger charge is 2.42. The Kier molecular flexibility index (Phi) is 4.74. The number of nitrogens with zero attached hydrogens (tertiary/aromatic N) is 4. The summed E-state index contributed by atoms with van der Waals surface area (Å²) in [6.45, 7) is 5.75. The van der Waals surface area contributed by atoms with Gasteiger partial charge in [-0.1, -0.05) is 13.8 Å². The summed E-state index contributed by atoms with van der Waals surface area (Å²) in [5.41, 5.74) is 4.90. The number of nitrogens with one attached hydrogen (secondary N) is 1. The number of aliphatic carboxylic acids is 1. The van der Waals surface area contributed by atoms with E-state index in [2.05, 4.69) is 20.8 Å². The zero-order chi connectivity index (χ0) is 23.5. The molecule has 7 nitrogen and oxygen atoms in total. The second-order valence-electron chi connectivity index (χ2n) is 9.62. The third-order valence-corrected chi connectivity index (χ3v) is 6.84. The van der Waals surface area contributed by atoms with Gasteiger partial charge in [-0.25, -0.2) is 9.37 Å². The normalized spacial score (nSPS) is 18.4. The second kappa shape index (κ2) is 7.41. The quantitative estimate of drug-likeness (QED) is 0.443. The molecule has 0 saturated heterocycles. The number of hydrogen-bond donors (Lipinski definition) is 2. The standard InChI is InChI=1S/C25H24FN5O2/c1-13-8-17(4-5-18(13)26)31-19-11-16-12-28-30-23(16)29-21(19)20(14-9-15(10-14)24(32)33)22(31)25(2,3)6-7-27/h4-5,8,11-12,14-15H,6,9-10H2,1-3H3,(H,32,33)(H,28,29,30)/t14-,15-. The van der Waals surface area contributed by atoms with Crippen molar-refractivity contribution < 1.29 is 14.3 Å². The van der Waals surface area contributed by atoms with Crippen molar-refractivity contribution in [1.29, 1.82) is 5.26 Å². The summed E-state index contributed by atoms with van der Waals surface area (Å²) >= 11 is 0. The van der Waals surface area contributed by atoms with Crippen molar-refractivity contribution in [3.05, 3.63) is 53.1 Å². The minimum Gasteiger partial charge on any atom is -0.481 e. The molecule has 4 aromatic rings. The summed E-state index contributed by atoms with van der Waals surface area (Å²) in [6, 6.07) is 9.29. The lowest BCUT2D eigenvalue weighted by Crippen LogP contribution is -2.31. The maximum absolute atomic E-state index is 14.1. The number of hydrogen-bond acceptors (Lipinski definition) is 4. The summed E-state index contributed by atoms with van der Waals surface area (Å²) in [6.07, 6.45) is 3.02. The maximum Gasteiger partial charge on any atom is 0.306 e. The first-order valence-electron chi connectivity index (χ1n) is 11.0. The van der Waals surface area contributed by atoms with Crippen LogP contribution in [0.4, 0.5) is 4.39 Å². The summed E-state index contributed by atoms with van der Waals surface area (Å²) in [7, 11) is 0. The van der Waals surface area contributed by atoms with Crippen molar-refractivity contribution >= 4 is 28.0 Å². The van der Waals surface area contributed by atoms with Crippen molar-refractivity contribution in [2.75, 3.05) is 0 Å². The zero-order valence-electron chi connectivity index (χ0n) is 18.7. The van der Waals surface area contributed by atoms with Gasteiger partial charge in [0, 0.05) is 34.2 Å². The molecule has 3 aromatic heterocycles. The fourth-order valence-corrected chi connectivity index (χ4v) is 5.02. The van der Waals surface area contributed by atoms with E-state index in [1.54, 1.807) is 25.3 Å². The molecule has 0 bridgehead atoms. The number of pyridine rings is 1. The first kappa shape index (κ1) is 21.1. The minimum atomic E-state index is -0.786. The van der Waals surface area contributed by atoms with E-state index in [0.717, 1.165) is 33.4 Å². The Morgan fingerprint density at radius 1 is 1.36 bits per heavy atom. The lowest BCUT2D eigenvalue weighted by Gasteiger charge is -2.35. The van der Waals surface area contributed by atoms with E-state index in [4.69, 9.17) is 4.98 Å². The molecule has 3 heterocycles. The number of benzene rings is 1. The molecule has 0 atom stereocenters. The van der Waals surface area contributed by atoms with Gasteiger partial charge in [0.2, 0.25) is 0 Å². The van der Waals surface area contributed by atoms with Gasteiger partial charge in [0.1, 0.15) is 5.82 Å². The molecular weight excluding hydrogens is 421 g/mol. The van der Waals surface area contributed by atoms with Gasteiger partial charge in [-0.3, -0.25) is 9.89 Å². The van der Waals surface area contributed by atoms with E-state index < -0.39 is 11.4 Å². The molecule has 0 aliphatic heterocycles. The van der Waals surface area contributed by atoms with Crippen molar-refractivity contribution in [2.45, 2.75) is 51.4 Å². The highest BCUT2D eigenvalue weighted by molar-refractivity contribution is 5.94. The fraction of sp³-hybridized carbons (Fsp3) is 0.360. The van der Waals surface area contributed by atoms with E-state index in [1.165, 1.54) is 6.07 Å². The predicted molar refractivity (Wildman–Crippen MR) is 122 cm³/mol. The van der Waals surface area contributed by atoms with Crippen LogP contribution in [0.15, 0.2) is 30.5 Å². The average molecular weight is 445 g/mol. The van der Waals surface area contributed by atoms with Gasteiger partial charge >= 0.3 is 5.97 Å². The lowest BCUT2D eigenvalue weighted by atomic mass is 9.68. The Morgan fingerprint density at radius 3 is 2.79 bits per heavy atom. The van der Waals surface area contributed by atoms with Crippen molar-refractivity contribution in [2.24, 2.45) is 5.92 Å². The lowest BCUT2D eigenvalue weighted by molar-refractivity contribution is -0.145. The Bertz CT molecular complexity index is 1450. The van der Waals surface area contributed by atoms with Crippen LogP contribution in [0.1, 0.15) is 55.8 Å². The third-order valence-electron chi connectivity index (χ3n) is 6.84. The molecule has 0 amide bonds. The largest absolute Gasteiger partial charge is 0.481 e. The van der Waals surface area contributed by atoms with Gasteiger partial charge in [0.05, 0.1) is 29.2 Å². The number of aromatic amines is 1. The third kappa shape index (κ3) is 3.27. The van der Waals surface area contributed by atoms with Crippen molar-refractivity contribution in [1.82, 2.24) is 19.7 Å². The molecule has 1 aliphatic rings. The highest BCUT2D eigenvalue weighted by atomic mass is 19.1. The molecule has 168 valence electrons. The zero-order valence-corrected chi connectivity index (χ0v) is 18.7. The molecule has 0 radical (unpaired) electrons. The van der Waals surface area contributed by atoms with Crippen LogP contribution in [0.25, 0.3) is 27.8 Å². The molecule has 1 saturated carbocycles. The topological polar surface area (TPSA) is 108 Å². The molecule has 1 aromatic carbocycles. The van der Waals surface area contributed by atoms with E-state index in [1.807, 2.05) is 19.9 Å². The number of nitriles is 1. The number of fused-ring (bicyclic) bond motifs is 2. The van der Waals surface area contributed by atoms with Crippen LogP contribution in [-0.4, -0.2) is 30.8 Å². The Balaban J connectivity index is 1.87. The van der Waals surface area contributed by atoms with Crippen molar-refractivity contribution in [3.8, 4) is 11.8 Å². The molecule has 33 heavy (non-hydrogen) atoms. The number of carboxylic acid groups (broad SMARTS) is 1. The summed E-state index contributed by atoms with van der Waals surface area (Å²) in [4.78, 5) is 16.4. The molecule has 5 rings (SSSR count). The van der Waals surface area contributed by atoms with Crippen molar-refractivity contribution in [3.63, 3.8) is 0 Å². The summed E-state index contributed by atoms with van der Waals surface area (Å²) < 4.78 is 16.2. The highest BCUT2D eigenvalue weighted by Crippen LogP contribution is 2.50. The number of aromatic nitrogens is 4. The number of rotatable bonds is 5. The van der Waals surface area contributed by atoms with Gasteiger partial charge in [0.15, 0.2) is 5.65 Å². The fourth-order valence-electron chi connectivity index (χ4n) is 5.02. The van der Waals surface area contributed by atoms with E-state index in [9.17, 15) is 19.6 Å². The van der Waals surface area contributed by atoms with Gasteiger partial charge in [-0.15, -0.1) is 0 Å². The van der Waals surface area contributed by atoms with Gasteiger partial charge < -0.3 is 9.67 Å². The molecular formula is C25H24FN5O2. The monoisotopic (exact) mass is 445 g/mol. The number of carbonyl (C=O) groups is 1. The number of aryl methyl sites for hydroxylation is 1. The molecule has 8 heteroatoms. The molecule has 0 spiro atoms. The number of H-pyrrole nitrogens is 1. The molecule has 2 N–H and O–H groups in total. The van der Waals surface area contributed by atoms with Crippen LogP contribution in [0.3, 0.4) is 0 Å². The SMILES string of the molecule is Cc1cc(-n2c(C(C)(C)CC#N)c([C@H]3C[C@H](C(=O)O)C3)c3nc4[nH]ncc4cc32)ccc1F. The van der Waals surface area contributed by atoms with E-state index in [-0.39, 0.29) is 24.1 Å². The Labute approximate surface area is 189 Å². The predicted octanol–water partition coefficient (Wildman–Crippen LogP) is 5.12. The summed E-state index contributed by atoms with van der Waals surface area (Å²) in [5, 5.41) is 26.9. The van der Waals surface area contributed by atoms with Gasteiger partial charge in [0.25, 0.3) is 0 Å². The molecule has 0 unspecified atom stereocenters. The Morgan fingerprint density at radius 2 is 2.12 bits per heavy atom. The van der Waals surface area contributed by atoms with Crippen LogP contribution < -0.4 is 0 Å². The molecule has 1 aliphatic carbocycles.